The Bertz CT molecular complexity index is 301. The summed E-state index contributed by atoms with van der Waals surface area (Å²) in [5, 5.41) is 3.31. The van der Waals surface area contributed by atoms with E-state index in [-0.39, 0.29) is 0 Å². The van der Waals surface area contributed by atoms with Crippen LogP contribution in [0.4, 0.5) is 0 Å². The highest BCUT2D eigenvalue weighted by molar-refractivity contribution is 7.91. The topological polar surface area (TPSA) is 46.2 Å². The zero-order chi connectivity index (χ0) is 12.7. The SMILES string of the molecule is CCCS(=O)(=O)CCNCC1CCCC(C)C1. The lowest BCUT2D eigenvalue weighted by atomic mass is 9.82. The maximum absolute atomic E-state index is 11.5. The van der Waals surface area contributed by atoms with Crippen LogP contribution in [0.25, 0.3) is 0 Å². The number of hydrogen-bond acceptors (Lipinski definition) is 3. The molecule has 1 aliphatic carbocycles. The summed E-state index contributed by atoms with van der Waals surface area (Å²) in [5.74, 6) is 2.23. The molecular weight excluding hydrogens is 234 g/mol. The minimum absolute atomic E-state index is 0.295. The van der Waals surface area contributed by atoms with Gasteiger partial charge in [-0.1, -0.05) is 26.7 Å². The van der Waals surface area contributed by atoms with E-state index >= 15 is 0 Å². The molecule has 2 unspecified atom stereocenters. The van der Waals surface area contributed by atoms with Crippen LogP contribution < -0.4 is 5.32 Å². The second-order valence-electron chi connectivity index (χ2n) is 5.49. The largest absolute Gasteiger partial charge is 0.315 e. The van der Waals surface area contributed by atoms with Crippen molar-refractivity contribution in [3.63, 3.8) is 0 Å². The molecule has 1 fully saturated rings. The van der Waals surface area contributed by atoms with E-state index in [2.05, 4.69) is 12.2 Å². The first-order valence-electron chi connectivity index (χ1n) is 6.94. The van der Waals surface area contributed by atoms with Crippen LogP contribution in [-0.4, -0.2) is 33.0 Å². The van der Waals surface area contributed by atoms with Crippen LogP contribution in [0.3, 0.4) is 0 Å². The quantitative estimate of drug-likeness (QED) is 0.715. The summed E-state index contributed by atoms with van der Waals surface area (Å²) in [6.07, 6.45) is 6.03. The molecule has 0 aromatic heterocycles. The fraction of sp³-hybridized carbons (Fsp3) is 1.00. The Hall–Kier alpha value is -0.0900. The molecule has 3 nitrogen and oxygen atoms in total. The summed E-state index contributed by atoms with van der Waals surface area (Å²) in [5.41, 5.74) is 0. The molecule has 0 aromatic carbocycles. The molecule has 102 valence electrons. The Balaban J connectivity index is 2.11. The smallest absolute Gasteiger partial charge is 0.151 e. The van der Waals surface area contributed by atoms with E-state index in [0.29, 0.717) is 18.1 Å². The van der Waals surface area contributed by atoms with Gasteiger partial charge < -0.3 is 5.32 Å². The average molecular weight is 261 g/mol. The molecule has 17 heavy (non-hydrogen) atoms. The van der Waals surface area contributed by atoms with Crippen LogP contribution in [0.5, 0.6) is 0 Å². The second-order valence-corrected chi connectivity index (χ2v) is 7.80. The molecule has 1 saturated carbocycles. The summed E-state index contributed by atoms with van der Waals surface area (Å²) < 4.78 is 23.0. The van der Waals surface area contributed by atoms with Gasteiger partial charge in [0.2, 0.25) is 0 Å². The molecule has 1 rings (SSSR count). The summed E-state index contributed by atoms with van der Waals surface area (Å²) in [6.45, 7) is 5.84. The van der Waals surface area contributed by atoms with Gasteiger partial charge in [-0.25, -0.2) is 8.42 Å². The summed E-state index contributed by atoms with van der Waals surface area (Å²) >= 11 is 0. The highest BCUT2D eigenvalue weighted by Crippen LogP contribution is 2.27. The summed E-state index contributed by atoms with van der Waals surface area (Å²) in [6, 6.07) is 0. The van der Waals surface area contributed by atoms with Gasteiger partial charge in [0.25, 0.3) is 0 Å². The molecule has 4 heteroatoms. The van der Waals surface area contributed by atoms with E-state index in [1.807, 2.05) is 6.92 Å². The van der Waals surface area contributed by atoms with Crippen molar-refractivity contribution in [3.8, 4) is 0 Å². The lowest BCUT2D eigenvalue weighted by Gasteiger charge is -2.26. The Morgan fingerprint density at radius 2 is 2.00 bits per heavy atom. The zero-order valence-electron chi connectivity index (χ0n) is 11.2. The van der Waals surface area contributed by atoms with E-state index in [4.69, 9.17) is 0 Å². The van der Waals surface area contributed by atoms with Crippen molar-refractivity contribution in [2.24, 2.45) is 11.8 Å². The van der Waals surface area contributed by atoms with Crippen LogP contribution in [0.15, 0.2) is 0 Å². The first kappa shape index (κ1) is 15.0. The van der Waals surface area contributed by atoms with Gasteiger partial charge in [-0.3, -0.25) is 0 Å². The molecule has 0 radical (unpaired) electrons. The Kier molecular flexibility index (Phi) is 6.49. The number of hydrogen-bond donors (Lipinski definition) is 1. The summed E-state index contributed by atoms with van der Waals surface area (Å²) in [4.78, 5) is 0. The number of nitrogens with one attached hydrogen (secondary N) is 1. The maximum atomic E-state index is 11.5. The molecule has 0 spiro atoms. The van der Waals surface area contributed by atoms with Gasteiger partial charge in [-0.05, 0) is 37.6 Å². The van der Waals surface area contributed by atoms with Gasteiger partial charge >= 0.3 is 0 Å². The normalized spacial score (nSPS) is 26.0. The molecule has 1 aliphatic rings. The van der Waals surface area contributed by atoms with Crippen LogP contribution in [0.1, 0.15) is 46.0 Å². The molecule has 0 aliphatic heterocycles. The van der Waals surface area contributed by atoms with Gasteiger partial charge in [-0.2, -0.15) is 0 Å². The van der Waals surface area contributed by atoms with Gasteiger partial charge in [0.05, 0.1) is 5.75 Å². The van der Waals surface area contributed by atoms with E-state index in [9.17, 15) is 8.42 Å². The van der Waals surface area contributed by atoms with Crippen LogP contribution >= 0.6 is 0 Å². The van der Waals surface area contributed by atoms with E-state index < -0.39 is 9.84 Å². The number of rotatable bonds is 7. The lowest BCUT2D eigenvalue weighted by molar-refractivity contribution is 0.276. The van der Waals surface area contributed by atoms with E-state index in [0.717, 1.165) is 24.8 Å². The first-order chi connectivity index (χ1) is 8.03. The predicted molar refractivity (Wildman–Crippen MR) is 72.9 cm³/mol. The molecule has 0 aromatic rings. The van der Waals surface area contributed by atoms with Crippen molar-refractivity contribution in [3.05, 3.63) is 0 Å². The first-order valence-corrected chi connectivity index (χ1v) is 8.76. The fourth-order valence-corrected chi connectivity index (χ4v) is 3.97. The average Bonchev–Trinajstić information content (AvgIpc) is 2.24. The van der Waals surface area contributed by atoms with Crippen molar-refractivity contribution < 1.29 is 8.42 Å². The zero-order valence-corrected chi connectivity index (χ0v) is 12.1. The third-order valence-corrected chi connectivity index (χ3v) is 5.44. The van der Waals surface area contributed by atoms with Crippen molar-refractivity contribution in [2.45, 2.75) is 46.0 Å². The fourth-order valence-electron chi connectivity index (χ4n) is 2.69. The Morgan fingerprint density at radius 3 is 2.65 bits per heavy atom. The second kappa shape index (κ2) is 7.37. The van der Waals surface area contributed by atoms with Crippen LogP contribution in [-0.2, 0) is 9.84 Å². The van der Waals surface area contributed by atoms with E-state index in [1.165, 1.54) is 25.7 Å². The van der Waals surface area contributed by atoms with Gasteiger partial charge in [0, 0.05) is 12.3 Å². The number of sulfone groups is 1. The van der Waals surface area contributed by atoms with Crippen molar-refractivity contribution >= 4 is 9.84 Å². The van der Waals surface area contributed by atoms with Crippen molar-refractivity contribution in [2.75, 3.05) is 24.6 Å². The van der Waals surface area contributed by atoms with Crippen LogP contribution in [0, 0.1) is 11.8 Å². The molecule has 0 amide bonds. The molecule has 1 N–H and O–H groups in total. The molecule has 0 heterocycles. The van der Waals surface area contributed by atoms with Crippen molar-refractivity contribution in [1.29, 1.82) is 0 Å². The Labute approximate surface area is 106 Å². The maximum Gasteiger partial charge on any atom is 0.151 e. The molecule has 0 saturated heterocycles. The molecular formula is C13H27NO2S. The summed E-state index contributed by atoms with van der Waals surface area (Å²) in [7, 11) is -2.81. The predicted octanol–water partition coefficient (Wildman–Crippen LogP) is 2.23. The van der Waals surface area contributed by atoms with E-state index in [1.54, 1.807) is 0 Å². The van der Waals surface area contributed by atoms with Gasteiger partial charge in [0.15, 0.2) is 9.84 Å². The van der Waals surface area contributed by atoms with Gasteiger partial charge in [0.1, 0.15) is 0 Å². The lowest BCUT2D eigenvalue weighted by Crippen LogP contribution is -2.30. The molecule has 0 bridgehead atoms. The van der Waals surface area contributed by atoms with Crippen molar-refractivity contribution in [1.82, 2.24) is 5.32 Å². The van der Waals surface area contributed by atoms with Crippen LogP contribution in [0.2, 0.25) is 0 Å². The third kappa shape index (κ3) is 6.41. The minimum Gasteiger partial charge on any atom is -0.315 e. The molecule has 2 atom stereocenters. The highest BCUT2D eigenvalue weighted by atomic mass is 32.2. The Morgan fingerprint density at radius 1 is 1.24 bits per heavy atom. The standard InChI is InChI=1S/C13H27NO2S/c1-3-8-17(15,16)9-7-14-11-13-6-4-5-12(2)10-13/h12-14H,3-11H2,1-2H3. The third-order valence-electron chi connectivity index (χ3n) is 3.58. The minimum atomic E-state index is -2.81. The van der Waals surface area contributed by atoms with Gasteiger partial charge in [-0.15, -0.1) is 0 Å². The monoisotopic (exact) mass is 261 g/mol. The highest BCUT2D eigenvalue weighted by Gasteiger charge is 2.18.